The molecule has 0 radical (unpaired) electrons. The summed E-state index contributed by atoms with van der Waals surface area (Å²) >= 11 is 0. The molecule has 86 valence electrons. The largest absolute Gasteiger partial charge is 0.391 e. The highest BCUT2D eigenvalue weighted by Gasteiger charge is 2.51. The van der Waals surface area contributed by atoms with E-state index in [0.29, 0.717) is 19.0 Å². The molecule has 3 N–H and O–H groups in total. The molecule has 1 amide bonds. The van der Waals surface area contributed by atoms with Gasteiger partial charge in [-0.05, 0) is 25.2 Å². The van der Waals surface area contributed by atoms with Crippen molar-refractivity contribution in [2.45, 2.75) is 32.3 Å². The van der Waals surface area contributed by atoms with Crippen molar-refractivity contribution in [2.24, 2.45) is 17.1 Å². The fourth-order valence-electron chi connectivity index (χ4n) is 2.22. The molecule has 0 aromatic carbocycles. The lowest BCUT2D eigenvalue weighted by atomic mass is 9.94. The maximum Gasteiger partial charge on any atom is 0.230 e. The molecule has 1 saturated carbocycles. The van der Waals surface area contributed by atoms with Crippen LogP contribution in [0.25, 0.3) is 0 Å². The summed E-state index contributed by atoms with van der Waals surface area (Å²) in [7, 11) is 0. The molecule has 0 aromatic rings. The number of carbonyl (C=O) groups excluding carboxylic acids is 1. The van der Waals surface area contributed by atoms with E-state index in [1.807, 2.05) is 6.92 Å². The van der Waals surface area contributed by atoms with Crippen LogP contribution in [0.2, 0.25) is 0 Å². The molecule has 2 rings (SSSR count). The molecule has 0 bridgehead atoms. The smallest absolute Gasteiger partial charge is 0.230 e. The van der Waals surface area contributed by atoms with Crippen molar-refractivity contribution in [1.29, 1.82) is 0 Å². The average Bonchev–Trinajstić information content (AvgIpc) is 3.02. The Balaban J connectivity index is 1.97. The number of nitrogens with two attached hydrogens (primary N) is 1. The van der Waals surface area contributed by atoms with Gasteiger partial charge >= 0.3 is 0 Å². The number of amides is 1. The van der Waals surface area contributed by atoms with Crippen molar-refractivity contribution in [3.05, 3.63) is 0 Å². The number of aliphatic hydroxyl groups excluding tert-OH is 1. The molecule has 0 aromatic heterocycles. The topological polar surface area (TPSA) is 66.6 Å². The molecule has 2 fully saturated rings. The van der Waals surface area contributed by atoms with Crippen LogP contribution in [0, 0.1) is 11.3 Å². The van der Waals surface area contributed by atoms with E-state index in [1.165, 1.54) is 0 Å². The Hall–Kier alpha value is -0.610. The van der Waals surface area contributed by atoms with Gasteiger partial charge in [-0.3, -0.25) is 4.79 Å². The summed E-state index contributed by atoms with van der Waals surface area (Å²) in [5.41, 5.74) is 5.36. The Bertz CT molecular complexity index is 263. The summed E-state index contributed by atoms with van der Waals surface area (Å²) in [6.45, 7) is 3.75. The van der Waals surface area contributed by atoms with Gasteiger partial charge in [-0.15, -0.1) is 0 Å². The van der Waals surface area contributed by atoms with Crippen LogP contribution in [0.4, 0.5) is 0 Å². The van der Waals surface area contributed by atoms with Gasteiger partial charge in [-0.1, -0.05) is 6.92 Å². The third-order valence-corrected chi connectivity index (χ3v) is 3.90. The molecular weight excluding hydrogens is 192 g/mol. The van der Waals surface area contributed by atoms with Gasteiger partial charge in [-0.2, -0.15) is 0 Å². The summed E-state index contributed by atoms with van der Waals surface area (Å²) in [5.74, 6) is 0.470. The van der Waals surface area contributed by atoms with Crippen LogP contribution in [0.15, 0.2) is 0 Å². The molecule has 1 aliphatic carbocycles. The van der Waals surface area contributed by atoms with E-state index >= 15 is 0 Å². The second-order valence-corrected chi connectivity index (χ2v) is 5.07. The van der Waals surface area contributed by atoms with Crippen LogP contribution >= 0.6 is 0 Å². The normalized spacial score (nSPS) is 33.9. The molecule has 1 aliphatic heterocycles. The van der Waals surface area contributed by atoms with Crippen molar-refractivity contribution in [1.82, 2.24) is 4.90 Å². The van der Waals surface area contributed by atoms with Gasteiger partial charge in [0.2, 0.25) is 5.91 Å². The zero-order chi connectivity index (χ0) is 11.1. The second-order valence-electron chi connectivity index (χ2n) is 5.07. The van der Waals surface area contributed by atoms with E-state index in [0.717, 1.165) is 25.8 Å². The van der Waals surface area contributed by atoms with Gasteiger partial charge in [0.25, 0.3) is 0 Å². The third-order valence-electron chi connectivity index (χ3n) is 3.90. The average molecular weight is 212 g/mol. The van der Waals surface area contributed by atoms with E-state index in [4.69, 9.17) is 5.73 Å². The Morgan fingerprint density at radius 2 is 2.27 bits per heavy atom. The first-order valence-corrected chi connectivity index (χ1v) is 5.76. The summed E-state index contributed by atoms with van der Waals surface area (Å²) in [6, 6.07) is 0. The zero-order valence-corrected chi connectivity index (χ0v) is 9.28. The van der Waals surface area contributed by atoms with E-state index < -0.39 is 0 Å². The summed E-state index contributed by atoms with van der Waals surface area (Å²) in [5, 5.41) is 9.73. The molecule has 4 heteroatoms. The van der Waals surface area contributed by atoms with Crippen molar-refractivity contribution in [2.75, 3.05) is 19.6 Å². The van der Waals surface area contributed by atoms with Gasteiger partial charge in [0, 0.05) is 19.6 Å². The minimum atomic E-state index is -0.365. The number of rotatable bonds is 2. The lowest BCUT2D eigenvalue weighted by molar-refractivity contribution is -0.141. The number of β-amino-alcohol motifs (C(OH)–C–C–N with tert-alkyl or cyclic N) is 1. The number of aliphatic hydroxyl groups is 1. The number of hydrogen-bond acceptors (Lipinski definition) is 3. The number of carbonyl (C=O) groups is 1. The van der Waals surface area contributed by atoms with Crippen LogP contribution in [-0.2, 0) is 4.79 Å². The highest BCUT2D eigenvalue weighted by Crippen LogP contribution is 2.46. The third kappa shape index (κ3) is 1.88. The zero-order valence-electron chi connectivity index (χ0n) is 9.28. The van der Waals surface area contributed by atoms with Crippen LogP contribution in [0.3, 0.4) is 0 Å². The first kappa shape index (κ1) is 10.9. The highest BCUT2D eigenvalue weighted by atomic mass is 16.3. The van der Waals surface area contributed by atoms with Crippen LogP contribution in [0.1, 0.15) is 26.2 Å². The summed E-state index contributed by atoms with van der Waals surface area (Å²) in [6.07, 6.45) is 2.37. The molecule has 1 saturated heterocycles. The Morgan fingerprint density at radius 1 is 1.60 bits per heavy atom. The van der Waals surface area contributed by atoms with Gasteiger partial charge in [0.15, 0.2) is 0 Å². The maximum atomic E-state index is 12.1. The molecule has 4 nitrogen and oxygen atoms in total. The minimum absolute atomic E-state index is 0.163. The molecule has 15 heavy (non-hydrogen) atoms. The summed E-state index contributed by atoms with van der Waals surface area (Å²) in [4.78, 5) is 13.9. The van der Waals surface area contributed by atoms with E-state index in [9.17, 15) is 9.90 Å². The van der Waals surface area contributed by atoms with E-state index in [-0.39, 0.29) is 17.4 Å². The second kappa shape index (κ2) is 3.76. The highest BCUT2D eigenvalue weighted by molar-refractivity contribution is 5.85. The molecule has 2 aliphatic rings. The fourth-order valence-corrected chi connectivity index (χ4v) is 2.22. The SMILES string of the molecule is CC1CCN(C(=O)C2(CN)CC2)CC1O. The standard InChI is InChI=1S/C11H20N2O2/c1-8-2-5-13(6-9(8)14)10(15)11(7-12)3-4-11/h8-9,14H,2-7,12H2,1H3. The number of piperidine rings is 1. The molecule has 1 heterocycles. The Morgan fingerprint density at radius 3 is 2.73 bits per heavy atom. The summed E-state index contributed by atoms with van der Waals surface area (Å²) < 4.78 is 0. The lowest BCUT2D eigenvalue weighted by Gasteiger charge is -2.36. The molecule has 2 atom stereocenters. The van der Waals surface area contributed by atoms with E-state index in [2.05, 4.69) is 0 Å². The number of hydrogen-bond donors (Lipinski definition) is 2. The van der Waals surface area contributed by atoms with E-state index in [1.54, 1.807) is 4.90 Å². The van der Waals surface area contributed by atoms with Gasteiger partial charge < -0.3 is 15.7 Å². The monoisotopic (exact) mass is 212 g/mol. The minimum Gasteiger partial charge on any atom is -0.391 e. The predicted molar refractivity (Wildman–Crippen MR) is 57.1 cm³/mol. The first-order valence-electron chi connectivity index (χ1n) is 5.76. The Kier molecular flexibility index (Phi) is 2.73. The van der Waals surface area contributed by atoms with Crippen LogP contribution in [0.5, 0.6) is 0 Å². The van der Waals surface area contributed by atoms with Gasteiger partial charge in [0.1, 0.15) is 0 Å². The van der Waals surface area contributed by atoms with Gasteiger partial charge in [0.05, 0.1) is 11.5 Å². The van der Waals surface area contributed by atoms with Crippen molar-refractivity contribution in [3.8, 4) is 0 Å². The van der Waals surface area contributed by atoms with Crippen molar-refractivity contribution < 1.29 is 9.90 Å². The quantitative estimate of drug-likeness (QED) is 0.674. The molecular formula is C11H20N2O2. The maximum absolute atomic E-state index is 12.1. The van der Waals surface area contributed by atoms with Crippen LogP contribution in [-0.4, -0.2) is 41.7 Å². The van der Waals surface area contributed by atoms with Crippen LogP contribution < -0.4 is 5.73 Å². The lowest BCUT2D eigenvalue weighted by Crippen LogP contribution is -2.49. The Labute approximate surface area is 90.4 Å². The van der Waals surface area contributed by atoms with Gasteiger partial charge in [-0.25, -0.2) is 0 Å². The molecule has 0 spiro atoms. The van der Waals surface area contributed by atoms with Crippen molar-refractivity contribution in [3.63, 3.8) is 0 Å². The predicted octanol–water partition coefficient (Wildman–Crippen LogP) is -0.0454. The van der Waals surface area contributed by atoms with Crippen molar-refractivity contribution >= 4 is 5.91 Å². The number of nitrogens with zero attached hydrogens (tertiary/aromatic N) is 1. The first-order chi connectivity index (χ1) is 7.09. The fraction of sp³-hybridized carbons (Fsp3) is 0.909. The molecule has 2 unspecified atom stereocenters. The number of likely N-dealkylation sites (tertiary alicyclic amines) is 1.